The highest BCUT2D eigenvalue weighted by molar-refractivity contribution is 5.78. The zero-order valence-electron chi connectivity index (χ0n) is 22.1. The van der Waals surface area contributed by atoms with Crippen molar-refractivity contribution in [1.29, 1.82) is 0 Å². The molecule has 3 saturated heterocycles. The van der Waals surface area contributed by atoms with Gasteiger partial charge in [0.05, 0.1) is 5.92 Å². The lowest BCUT2D eigenvalue weighted by atomic mass is 9.93. The van der Waals surface area contributed by atoms with Gasteiger partial charge in [0.15, 0.2) is 0 Å². The molecule has 0 aromatic carbocycles. The molecule has 0 radical (unpaired) electrons. The molecular formula is C28H47N7O. The standard InChI is InChI=1S/C28H47N7O/c36-27(22-9-8-15-29-21-22)30-16-12-25-24(14-20-35(25)23-10-4-3-5-11-23)32-28-31-17-13-26(33-28)34-18-6-1-2-7-19-34/h13,17,22-25,29H,1-12,14-16,18-21H2,(H,30,36)(H,31,32,33)/t22-,24-,25+/m0/s1. The summed E-state index contributed by atoms with van der Waals surface area (Å²) in [6.45, 7) is 5.91. The van der Waals surface area contributed by atoms with Crippen LogP contribution >= 0.6 is 0 Å². The van der Waals surface area contributed by atoms with Crippen LogP contribution in [0.15, 0.2) is 12.3 Å². The number of hydrogen-bond donors (Lipinski definition) is 3. The van der Waals surface area contributed by atoms with Crippen LogP contribution in [0.4, 0.5) is 11.8 Å². The van der Waals surface area contributed by atoms with E-state index in [1.165, 1.54) is 57.8 Å². The van der Waals surface area contributed by atoms with Crippen LogP contribution in [0.25, 0.3) is 0 Å². The molecule has 3 N–H and O–H groups in total. The van der Waals surface area contributed by atoms with Crippen molar-refractivity contribution in [2.24, 2.45) is 5.92 Å². The van der Waals surface area contributed by atoms with E-state index in [9.17, 15) is 4.79 Å². The zero-order valence-corrected chi connectivity index (χ0v) is 22.1. The molecule has 3 aliphatic heterocycles. The van der Waals surface area contributed by atoms with Gasteiger partial charge in [0, 0.05) is 57.0 Å². The first-order valence-electron chi connectivity index (χ1n) is 14.9. The topological polar surface area (TPSA) is 85.4 Å². The van der Waals surface area contributed by atoms with Gasteiger partial charge in [-0.25, -0.2) is 4.98 Å². The predicted octanol–water partition coefficient (Wildman–Crippen LogP) is 3.55. The van der Waals surface area contributed by atoms with Gasteiger partial charge in [0.1, 0.15) is 5.82 Å². The van der Waals surface area contributed by atoms with E-state index in [0.717, 1.165) is 76.7 Å². The first kappa shape index (κ1) is 25.7. The van der Waals surface area contributed by atoms with E-state index in [1.54, 1.807) is 0 Å². The van der Waals surface area contributed by atoms with Gasteiger partial charge in [0.2, 0.25) is 11.9 Å². The maximum absolute atomic E-state index is 12.7. The molecule has 200 valence electrons. The third-order valence-electron chi connectivity index (χ3n) is 8.92. The SMILES string of the molecule is O=C(NCC[C@@H]1[C@@H](Nc2nccc(N3CCCCCC3)n2)CCN1C1CCCCC1)[C@H]1CCCNC1. The van der Waals surface area contributed by atoms with Crippen LogP contribution in [0.3, 0.4) is 0 Å². The van der Waals surface area contributed by atoms with Crippen molar-refractivity contribution in [2.45, 2.75) is 102 Å². The third kappa shape index (κ3) is 6.68. The Balaban J connectivity index is 1.22. The summed E-state index contributed by atoms with van der Waals surface area (Å²) in [6.07, 6.45) is 17.9. The van der Waals surface area contributed by atoms with E-state index in [-0.39, 0.29) is 11.8 Å². The van der Waals surface area contributed by atoms with E-state index in [4.69, 9.17) is 4.98 Å². The van der Waals surface area contributed by atoms with Crippen LogP contribution in [0.2, 0.25) is 0 Å². The third-order valence-corrected chi connectivity index (χ3v) is 8.92. The molecule has 8 heteroatoms. The smallest absolute Gasteiger partial charge is 0.224 e. The van der Waals surface area contributed by atoms with Gasteiger partial charge < -0.3 is 20.9 Å². The molecular weight excluding hydrogens is 450 g/mol. The van der Waals surface area contributed by atoms with E-state index < -0.39 is 0 Å². The zero-order chi connectivity index (χ0) is 24.6. The number of piperidine rings is 1. The van der Waals surface area contributed by atoms with Crippen molar-refractivity contribution in [3.8, 4) is 0 Å². The number of aromatic nitrogens is 2. The summed E-state index contributed by atoms with van der Waals surface area (Å²) in [6, 6.07) is 3.47. The summed E-state index contributed by atoms with van der Waals surface area (Å²) in [5, 5.41) is 10.4. The van der Waals surface area contributed by atoms with E-state index in [0.29, 0.717) is 18.1 Å². The molecule has 3 atom stereocenters. The molecule has 5 rings (SSSR count). The second-order valence-electron chi connectivity index (χ2n) is 11.4. The lowest BCUT2D eigenvalue weighted by molar-refractivity contribution is -0.125. The van der Waals surface area contributed by atoms with Gasteiger partial charge in [0.25, 0.3) is 0 Å². The Morgan fingerprint density at radius 1 is 0.972 bits per heavy atom. The maximum Gasteiger partial charge on any atom is 0.224 e. The molecule has 4 fully saturated rings. The fraction of sp³-hybridized carbons (Fsp3) is 0.821. The van der Waals surface area contributed by atoms with Crippen LogP contribution in [-0.4, -0.2) is 78.2 Å². The minimum Gasteiger partial charge on any atom is -0.356 e. The molecule has 1 saturated carbocycles. The Morgan fingerprint density at radius 2 is 1.78 bits per heavy atom. The van der Waals surface area contributed by atoms with Gasteiger partial charge in [-0.05, 0) is 64.0 Å². The number of nitrogens with one attached hydrogen (secondary N) is 3. The summed E-state index contributed by atoms with van der Waals surface area (Å²) in [4.78, 5) is 27.5. The first-order valence-corrected chi connectivity index (χ1v) is 14.9. The summed E-state index contributed by atoms with van der Waals surface area (Å²) in [5.74, 6) is 2.17. The Labute approximate surface area is 217 Å². The summed E-state index contributed by atoms with van der Waals surface area (Å²) < 4.78 is 0. The molecule has 1 amide bonds. The lowest BCUT2D eigenvalue weighted by Crippen LogP contribution is -2.47. The fourth-order valence-electron chi connectivity index (χ4n) is 6.90. The summed E-state index contributed by atoms with van der Waals surface area (Å²) >= 11 is 0. The second-order valence-corrected chi connectivity index (χ2v) is 11.4. The highest BCUT2D eigenvalue weighted by Crippen LogP contribution is 2.32. The van der Waals surface area contributed by atoms with Crippen molar-refractivity contribution >= 4 is 17.7 Å². The maximum atomic E-state index is 12.7. The van der Waals surface area contributed by atoms with Crippen molar-refractivity contribution < 1.29 is 4.79 Å². The van der Waals surface area contributed by atoms with Gasteiger partial charge in [-0.2, -0.15) is 4.98 Å². The highest BCUT2D eigenvalue weighted by Gasteiger charge is 2.38. The lowest BCUT2D eigenvalue weighted by Gasteiger charge is -2.37. The molecule has 0 spiro atoms. The van der Waals surface area contributed by atoms with Crippen LogP contribution < -0.4 is 20.9 Å². The van der Waals surface area contributed by atoms with E-state index in [2.05, 4.69) is 36.8 Å². The average Bonchev–Trinajstić information content (AvgIpc) is 3.12. The normalized spacial score (nSPS) is 28.6. The molecule has 36 heavy (non-hydrogen) atoms. The van der Waals surface area contributed by atoms with Crippen LogP contribution in [-0.2, 0) is 4.79 Å². The molecule has 1 aromatic heterocycles. The van der Waals surface area contributed by atoms with Crippen LogP contribution in [0.5, 0.6) is 0 Å². The van der Waals surface area contributed by atoms with Crippen molar-refractivity contribution in [3.05, 3.63) is 12.3 Å². The monoisotopic (exact) mass is 497 g/mol. The first-order chi connectivity index (χ1) is 17.8. The second kappa shape index (κ2) is 13.0. The molecule has 0 bridgehead atoms. The Morgan fingerprint density at radius 3 is 2.56 bits per heavy atom. The minimum atomic E-state index is 0.126. The minimum absolute atomic E-state index is 0.126. The number of carbonyl (C=O) groups excluding carboxylic acids is 1. The molecule has 1 aliphatic carbocycles. The van der Waals surface area contributed by atoms with E-state index in [1.807, 2.05) is 6.20 Å². The van der Waals surface area contributed by atoms with Gasteiger partial charge in [-0.3, -0.25) is 9.69 Å². The quantitative estimate of drug-likeness (QED) is 0.506. The largest absolute Gasteiger partial charge is 0.356 e. The molecule has 8 nitrogen and oxygen atoms in total. The number of amides is 1. The fourth-order valence-corrected chi connectivity index (χ4v) is 6.90. The van der Waals surface area contributed by atoms with Crippen molar-refractivity contribution in [2.75, 3.05) is 49.5 Å². The molecule has 1 aromatic rings. The Hall–Kier alpha value is -1.93. The van der Waals surface area contributed by atoms with Crippen molar-refractivity contribution in [1.82, 2.24) is 25.5 Å². The van der Waals surface area contributed by atoms with Crippen LogP contribution in [0.1, 0.15) is 83.5 Å². The van der Waals surface area contributed by atoms with Gasteiger partial charge in [-0.1, -0.05) is 32.1 Å². The highest BCUT2D eigenvalue weighted by atomic mass is 16.1. The van der Waals surface area contributed by atoms with Gasteiger partial charge >= 0.3 is 0 Å². The van der Waals surface area contributed by atoms with Gasteiger partial charge in [-0.15, -0.1) is 0 Å². The molecule has 0 unspecified atom stereocenters. The molecule has 4 heterocycles. The predicted molar refractivity (Wildman–Crippen MR) is 145 cm³/mol. The number of nitrogens with zero attached hydrogens (tertiary/aromatic N) is 4. The van der Waals surface area contributed by atoms with Crippen molar-refractivity contribution in [3.63, 3.8) is 0 Å². The number of anilines is 2. The van der Waals surface area contributed by atoms with E-state index >= 15 is 0 Å². The molecule has 4 aliphatic rings. The number of likely N-dealkylation sites (tertiary alicyclic amines) is 1. The number of carbonyl (C=O) groups is 1. The Bertz CT molecular complexity index is 816. The number of hydrogen-bond acceptors (Lipinski definition) is 7. The van der Waals surface area contributed by atoms with Crippen LogP contribution in [0, 0.1) is 5.92 Å². The summed E-state index contributed by atoms with van der Waals surface area (Å²) in [7, 11) is 0. The average molecular weight is 498 g/mol. The Kier molecular flexibility index (Phi) is 9.31. The summed E-state index contributed by atoms with van der Waals surface area (Å²) in [5.41, 5.74) is 0. The number of rotatable bonds is 8.